The molecular formula is C36H37ClFN3O4S. The van der Waals surface area contributed by atoms with E-state index in [0.717, 1.165) is 58.8 Å². The molecule has 240 valence electrons. The zero-order chi connectivity index (χ0) is 32.7. The van der Waals surface area contributed by atoms with Crippen molar-refractivity contribution in [3.8, 4) is 0 Å². The quantitative estimate of drug-likeness (QED) is 0.184. The van der Waals surface area contributed by atoms with Gasteiger partial charge in [-0.25, -0.2) is 12.8 Å². The zero-order valence-corrected chi connectivity index (χ0v) is 27.2. The van der Waals surface area contributed by atoms with Crippen LogP contribution in [0.15, 0.2) is 108 Å². The molecular weight excluding hydrogens is 625 g/mol. The second-order valence-corrected chi connectivity index (χ2v) is 13.9. The number of sulfonamides is 1. The zero-order valence-electron chi connectivity index (χ0n) is 25.6. The maximum atomic E-state index is 14.5. The van der Waals surface area contributed by atoms with E-state index in [2.05, 4.69) is 5.32 Å². The maximum Gasteiger partial charge on any atom is 0.264 e. The van der Waals surface area contributed by atoms with E-state index in [0.29, 0.717) is 5.02 Å². The van der Waals surface area contributed by atoms with Crippen molar-refractivity contribution in [2.75, 3.05) is 10.8 Å². The van der Waals surface area contributed by atoms with Crippen molar-refractivity contribution in [2.45, 2.75) is 62.6 Å². The van der Waals surface area contributed by atoms with Crippen LogP contribution in [0.4, 0.5) is 10.1 Å². The number of anilines is 1. The fourth-order valence-corrected chi connectivity index (χ4v) is 7.22. The molecule has 0 aromatic heterocycles. The van der Waals surface area contributed by atoms with Gasteiger partial charge in [0.2, 0.25) is 11.8 Å². The molecule has 10 heteroatoms. The Labute approximate surface area is 275 Å². The summed E-state index contributed by atoms with van der Waals surface area (Å²) in [5.74, 6) is -1.43. The standard InChI is InChI=1S/C36H37ClFN3O4S/c1-26-11-21-33(22-12-26)46(44,45)41(32-19-17-30(38)18-20-32)25-35(42)40(24-28-13-15-29(37)16-14-28)34(23-27-7-3-2-4-8-27)36(43)39-31-9-5-6-10-31/h2-4,7-8,11-22,31,34H,5-6,9-10,23-25H2,1H3,(H,39,43)/t34-/m1/s1. The summed E-state index contributed by atoms with van der Waals surface area (Å²) in [6.45, 7) is 1.26. The van der Waals surface area contributed by atoms with Crippen molar-refractivity contribution in [1.29, 1.82) is 0 Å². The van der Waals surface area contributed by atoms with E-state index >= 15 is 0 Å². The Kier molecular flexibility index (Phi) is 10.8. The van der Waals surface area contributed by atoms with Gasteiger partial charge in [-0.15, -0.1) is 0 Å². The molecule has 1 atom stereocenters. The predicted octanol–water partition coefficient (Wildman–Crippen LogP) is 6.68. The molecule has 0 heterocycles. The molecule has 5 rings (SSSR count). The van der Waals surface area contributed by atoms with Gasteiger partial charge in [-0.05, 0) is 79.4 Å². The molecule has 1 N–H and O–H groups in total. The van der Waals surface area contributed by atoms with Gasteiger partial charge in [0.1, 0.15) is 18.4 Å². The topological polar surface area (TPSA) is 86.8 Å². The van der Waals surface area contributed by atoms with Gasteiger partial charge >= 0.3 is 0 Å². The fourth-order valence-electron chi connectivity index (χ4n) is 5.68. The van der Waals surface area contributed by atoms with Crippen LogP contribution in [0.2, 0.25) is 5.02 Å². The van der Waals surface area contributed by atoms with Crippen LogP contribution in [0.3, 0.4) is 0 Å². The third-order valence-corrected chi connectivity index (χ3v) is 10.3. The molecule has 1 aliphatic carbocycles. The summed E-state index contributed by atoms with van der Waals surface area (Å²) in [5, 5.41) is 3.68. The van der Waals surface area contributed by atoms with Gasteiger partial charge in [-0.1, -0.05) is 84.6 Å². The molecule has 0 aliphatic heterocycles. The Hall–Kier alpha value is -4.21. The highest BCUT2D eigenvalue weighted by atomic mass is 35.5. The summed E-state index contributed by atoms with van der Waals surface area (Å²) in [6.07, 6.45) is 3.99. The number of nitrogens with zero attached hydrogens (tertiary/aromatic N) is 2. The Morgan fingerprint density at radius 2 is 1.50 bits per heavy atom. The highest BCUT2D eigenvalue weighted by Crippen LogP contribution is 2.26. The lowest BCUT2D eigenvalue weighted by Gasteiger charge is -2.34. The third-order valence-electron chi connectivity index (χ3n) is 8.24. The van der Waals surface area contributed by atoms with E-state index in [4.69, 9.17) is 11.6 Å². The molecule has 2 amide bonds. The van der Waals surface area contributed by atoms with E-state index < -0.39 is 34.3 Å². The van der Waals surface area contributed by atoms with Gasteiger partial charge in [0.25, 0.3) is 10.0 Å². The first-order valence-corrected chi connectivity index (χ1v) is 17.1. The Morgan fingerprint density at radius 3 is 2.13 bits per heavy atom. The van der Waals surface area contributed by atoms with Crippen LogP contribution < -0.4 is 9.62 Å². The highest BCUT2D eigenvalue weighted by Gasteiger charge is 2.35. The Balaban J connectivity index is 1.55. The molecule has 46 heavy (non-hydrogen) atoms. The van der Waals surface area contributed by atoms with Crippen LogP contribution in [0.25, 0.3) is 0 Å². The number of hydrogen-bond acceptors (Lipinski definition) is 4. The number of hydrogen-bond donors (Lipinski definition) is 1. The first-order valence-electron chi connectivity index (χ1n) is 15.3. The molecule has 4 aromatic rings. The minimum atomic E-state index is -4.27. The first-order chi connectivity index (χ1) is 22.1. The highest BCUT2D eigenvalue weighted by molar-refractivity contribution is 7.92. The summed E-state index contributed by atoms with van der Waals surface area (Å²) in [7, 11) is -4.27. The van der Waals surface area contributed by atoms with Crippen LogP contribution in [0.1, 0.15) is 42.4 Å². The number of rotatable bonds is 12. The lowest BCUT2D eigenvalue weighted by Crippen LogP contribution is -2.54. The molecule has 1 aliphatic rings. The second-order valence-electron chi connectivity index (χ2n) is 11.6. The summed E-state index contributed by atoms with van der Waals surface area (Å²) in [6, 6.07) is 26.7. The summed E-state index contributed by atoms with van der Waals surface area (Å²) in [4.78, 5) is 30.0. The number of halogens is 2. The minimum absolute atomic E-state index is 0.0101. The van der Waals surface area contributed by atoms with Crippen molar-refractivity contribution in [2.24, 2.45) is 0 Å². The molecule has 0 bridgehead atoms. The van der Waals surface area contributed by atoms with Crippen LogP contribution in [-0.2, 0) is 32.6 Å². The number of aryl methyl sites for hydroxylation is 1. The number of carbonyl (C=O) groups is 2. The number of amides is 2. The number of benzene rings is 4. The summed E-state index contributed by atoms with van der Waals surface area (Å²) >= 11 is 6.15. The molecule has 1 saturated carbocycles. The molecule has 7 nitrogen and oxygen atoms in total. The van der Waals surface area contributed by atoms with E-state index in [1.807, 2.05) is 37.3 Å². The molecule has 1 fully saturated rings. The molecule has 0 saturated heterocycles. The summed E-state index contributed by atoms with van der Waals surface area (Å²) in [5.41, 5.74) is 2.57. The fraction of sp³-hybridized carbons (Fsp3) is 0.278. The second kappa shape index (κ2) is 14.9. The molecule has 0 radical (unpaired) electrons. The number of nitrogens with one attached hydrogen (secondary N) is 1. The Morgan fingerprint density at radius 1 is 0.870 bits per heavy atom. The van der Waals surface area contributed by atoms with Gasteiger partial charge < -0.3 is 10.2 Å². The lowest BCUT2D eigenvalue weighted by atomic mass is 10.0. The van der Waals surface area contributed by atoms with Crippen molar-refractivity contribution in [3.05, 3.63) is 131 Å². The van der Waals surface area contributed by atoms with E-state index in [1.54, 1.807) is 36.4 Å². The number of carbonyl (C=O) groups excluding carboxylic acids is 2. The first kappa shape index (κ1) is 33.2. The Bertz CT molecular complexity index is 1730. The van der Waals surface area contributed by atoms with Crippen LogP contribution in [0.5, 0.6) is 0 Å². The van der Waals surface area contributed by atoms with Crippen molar-refractivity contribution >= 4 is 39.1 Å². The maximum absolute atomic E-state index is 14.5. The average molecular weight is 662 g/mol. The monoisotopic (exact) mass is 661 g/mol. The van der Waals surface area contributed by atoms with E-state index in [9.17, 15) is 22.4 Å². The van der Waals surface area contributed by atoms with Crippen molar-refractivity contribution in [3.63, 3.8) is 0 Å². The molecule has 0 spiro atoms. The molecule has 4 aromatic carbocycles. The van der Waals surface area contributed by atoms with Gasteiger partial charge in [0.15, 0.2) is 0 Å². The largest absolute Gasteiger partial charge is 0.352 e. The van der Waals surface area contributed by atoms with Gasteiger partial charge in [0.05, 0.1) is 10.6 Å². The minimum Gasteiger partial charge on any atom is -0.352 e. The third kappa shape index (κ3) is 8.33. The van der Waals surface area contributed by atoms with E-state index in [1.165, 1.54) is 29.2 Å². The SMILES string of the molecule is Cc1ccc(S(=O)(=O)N(CC(=O)N(Cc2ccc(Cl)cc2)[C@H](Cc2ccccc2)C(=O)NC2CCCC2)c2ccc(F)cc2)cc1. The van der Waals surface area contributed by atoms with Crippen LogP contribution in [0, 0.1) is 12.7 Å². The van der Waals surface area contributed by atoms with Gasteiger partial charge in [0, 0.05) is 24.0 Å². The van der Waals surface area contributed by atoms with Crippen LogP contribution in [-0.4, -0.2) is 43.8 Å². The van der Waals surface area contributed by atoms with Crippen molar-refractivity contribution < 1.29 is 22.4 Å². The van der Waals surface area contributed by atoms with Crippen molar-refractivity contribution in [1.82, 2.24) is 10.2 Å². The lowest BCUT2D eigenvalue weighted by molar-refractivity contribution is -0.140. The van der Waals surface area contributed by atoms with Gasteiger partial charge in [-0.3, -0.25) is 13.9 Å². The summed E-state index contributed by atoms with van der Waals surface area (Å²) < 4.78 is 43.1. The van der Waals surface area contributed by atoms with Gasteiger partial charge in [-0.2, -0.15) is 0 Å². The normalized spacial score (nSPS) is 14.1. The average Bonchev–Trinajstić information content (AvgIpc) is 3.56. The van der Waals surface area contributed by atoms with Crippen LogP contribution >= 0.6 is 11.6 Å². The molecule has 0 unspecified atom stereocenters. The predicted molar refractivity (Wildman–Crippen MR) is 178 cm³/mol. The smallest absolute Gasteiger partial charge is 0.264 e. The van der Waals surface area contributed by atoms with E-state index in [-0.39, 0.29) is 35.5 Å².